The molecule has 1 aromatic carbocycles. The van der Waals surface area contributed by atoms with Crippen LogP contribution in [0.1, 0.15) is 18.1 Å². The first-order valence-corrected chi connectivity index (χ1v) is 6.15. The Morgan fingerprint density at radius 3 is 2.84 bits per heavy atom. The number of rotatable bonds is 2. The lowest BCUT2D eigenvalue weighted by molar-refractivity contribution is 1.14. The van der Waals surface area contributed by atoms with Crippen LogP contribution >= 0.6 is 0 Å². The topological polar surface area (TPSA) is 65.4 Å². The van der Waals surface area contributed by atoms with Crippen LogP contribution in [0.3, 0.4) is 0 Å². The Hall–Kier alpha value is -2.67. The van der Waals surface area contributed by atoms with Gasteiger partial charge < -0.3 is 4.98 Å². The van der Waals surface area contributed by atoms with E-state index in [0.29, 0.717) is 5.56 Å². The number of aromatic amines is 1. The van der Waals surface area contributed by atoms with Gasteiger partial charge in [-0.3, -0.25) is 4.98 Å². The summed E-state index contributed by atoms with van der Waals surface area (Å²) in [5.41, 5.74) is 4.51. The molecule has 0 saturated carbocycles. The molecule has 2 aromatic heterocycles. The number of nitriles is 1. The lowest BCUT2D eigenvalue weighted by atomic mass is 10.1. The Labute approximate surface area is 110 Å². The molecular formula is C15H12N4. The third-order valence-electron chi connectivity index (χ3n) is 3.09. The van der Waals surface area contributed by atoms with Crippen molar-refractivity contribution in [1.82, 2.24) is 15.0 Å². The molecule has 0 radical (unpaired) electrons. The summed E-state index contributed by atoms with van der Waals surface area (Å²) in [6, 6.07) is 11.8. The average molecular weight is 248 g/mol. The minimum atomic E-state index is 0.549. The first kappa shape index (κ1) is 11.4. The van der Waals surface area contributed by atoms with Crippen molar-refractivity contribution in [2.24, 2.45) is 0 Å². The summed E-state index contributed by atoms with van der Waals surface area (Å²) in [7, 11) is 0. The number of hydrogen-bond donors (Lipinski definition) is 1. The zero-order valence-electron chi connectivity index (χ0n) is 10.5. The molecule has 0 aliphatic carbocycles. The fraction of sp³-hybridized carbons (Fsp3) is 0.133. The Morgan fingerprint density at radius 2 is 2.16 bits per heavy atom. The van der Waals surface area contributed by atoms with E-state index in [4.69, 9.17) is 5.26 Å². The number of pyridine rings is 1. The smallest absolute Gasteiger partial charge is 0.157 e. The van der Waals surface area contributed by atoms with E-state index < -0.39 is 0 Å². The Balaban J connectivity index is 2.07. The molecule has 19 heavy (non-hydrogen) atoms. The van der Waals surface area contributed by atoms with Gasteiger partial charge in [0, 0.05) is 6.20 Å². The van der Waals surface area contributed by atoms with Crippen molar-refractivity contribution in [3.63, 3.8) is 0 Å². The summed E-state index contributed by atoms with van der Waals surface area (Å²) >= 11 is 0. The number of hydrogen-bond acceptors (Lipinski definition) is 3. The SMILES string of the molecule is CCc1ccc2nc(-c3ccc(C#N)cn3)[nH]c2c1. The molecule has 0 fully saturated rings. The molecular weight excluding hydrogens is 236 g/mol. The van der Waals surface area contributed by atoms with Crippen molar-refractivity contribution in [1.29, 1.82) is 5.26 Å². The fourth-order valence-corrected chi connectivity index (χ4v) is 2.00. The standard InChI is InChI=1S/C15H12N4/c1-2-10-3-5-12-14(7-10)19-15(18-12)13-6-4-11(8-16)9-17-13/h3-7,9H,2H2,1H3,(H,18,19). The van der Waals surface area contributed by atoms with Gasteiger partial charge in [0.2, 0.25) is 0 Å². The molecule has 0 atom stereocenters. The van der Waals surface area contributed by atoms with Crippen molar-refractivity contribution in [3.8, 4) is 17.6 Å². The molecule has 0 aliphatic rings. The van der Waals surface area contributed by atoms with Gasteiger partial charge in [0.05, 0.1) is 16.6 Å². The van der Waals surface area contributed by atoms with E-state index in [1.807, 2.05) is 6.07 Å². The molecule has 0 bridgehead atoms. The number of aromatic nitrogens is 3. The second kappa shape index (κ2) is 4.54. The van der Waals surface area contributed by atoms with E-state index in [1.165, 1.54) is 5.56 Å². The molecule has 0 spiro atoms. The van der Waals surface area contributed by atoms with Gasteiger partial charge in [0.1, 0.15) is 11.8 Å². The van der Waals surface area contributed by atoms with Crippen LogP contribution in [0.5, 0.6) is 0 Å². The van der Waals surface area contributed by atoms with Gasteiger partial charge in [0.25, 0.3) is 0 Å². The van der Waals surface area contributed by atoms with Crippen molar-refractivity contribution in [2.75, 3.05) is 0 Å². The maximum Gasteiger partial charge on any atom is 0.157 e. The zero-order chi connectivity index (χ0) is 13.2. The number of benzene rings is 1. The van der Waals surface area contributed by atoms with E-state index in [2.05, 4.69) is 40.1 Å². The Morgan fingerprint density at radius 1 is 1.26 bits per heavy atom. The normalized spacial score (nSPS) is 10.5. The average Bonchev–Trinajstić information content (AvgIpc) is 2.90. The highest BCUT2D eigenvalue weighted by atomic mass is 14.9. The number of aryl methyl sites for hydroxylation is 1. The molecule has 3 aromatic rings. The zero-order valence-corrected chi connectivity index (χ0v) is 10.5. The van der Waals surface area contributed by atoms with Crippen molar-refractivity contribution < 1.29 is 0 Å². The van der Waals surface area contributed by atoms with Gasteiger partial charge in [-0.25, -0.2) is 4.98 Å². The third kappa shape index (κ3) is 2.06. The number of fused-ring (bicyclic) bond motifs is 1. The minimum Gasteiger partial charge on any atom is -0.337 e. The van der Waals surface area contributed by atoms with Crippen LogP contribution in [0.25, 0.3) is 22.6 Å². The predicted octanol–water partition coefficient (Wildman–Crippen LogP) is 3.06. The molecule has 1 N–H and O–H groups in total. The summed E-state index contributed by atoms with van der Waals surface area (Å²) in [4.78, 5) is 12.0. The Bertz CT molecular complexity index is 763. The maximum atomic E-state index is 8.76. The molecule has 3 rings (SSSR count). The summed E-state index contributed by atoms with van der Waals surface area (Å²) in [6.07, 6.45) is 2.55. The van der Waals surface area contributed by atoms with Crippen LogP contribution in [0.15, 0.2) is 36.5 Å². The molecule has 4 nitrogen and oxygen atoms in total. The van der Waals surface area contributed by atoms with Crippen molar-refractivity contribution in [3.05, 3.63) is 47.7 Å². The van der Waals surface area contributed by atoms with E-state index >= 15 is 0 Å². The van der Waals surface area contributed by atoms with Crippen LogP contribution < -0.4 is 0 Å². The second-order valence-electron chi connectivity index (χ2n) is 4.33. The molecule has 2 heterocycles. The fourth-order valence-electron chi connectivity index (χ4n) is 2.00. The number of nitrogens with one attached hydrogen (secondary N) is 1. The highest BCUT2D eigenvalue weighted by Crippen LogP contribution is 2.20. The number of nitrogens with zero attached hydrogens (tertiary/aromatic N) is 3. The van der Waals surface area contributed by atoms with Crippen LogP contribution in [-0.4, -0.2) is 15.0 Å². The molecule has 0 aliphatic heterocycles. The van der Waals surface area contributed by atoms with E-state index in [9.17, 15) is 0 Å². The number of imidazole rings is 1. The summed E-state index contributed by atoms with van der Waals surface area (Å²) in [5.74, 6) is 0.729. The van der Waals surface area contributed by atoms with Crippen LogP contribution in [0.4, 0.5) is 0 Å². The highest BCUT2D eigenvalue weighted by molar-refractivity contribution is 5.79. The summed E-state index contributed by atoms with van der Waals surface area (Å²) in [5, 5.41) is 8.76. The molecule has 92 valence electrons. The van der Waals surface area contributed by atoms with Crippen molar-refractivity contribution in [2.45, 2.75) is 13.3 Å². The molecule has 0 amide bonds. The molecule has 0 saturated heterocycles. The second-order valence-corrected chi connectivity index (χ2v) is 4.33. The van der Waals surface area contributed by atoms with Gasteiger partial charge in [-0.2, -0.15) is 5.26 Å². The lowest BCUT2D eigenvalue weighted by Crippen LogP contribution is -1.86. The van der Waals surface area contributed by atoms with Gasteiger partial charge in [0.15, 0.2) is 5.82 Å². The van der Waals surface area contributed by atoms with Gasteiger partial charge in [-0.1, -0.05) is 13.0 Å². The first-order chi connectivity index (χ1) is 9.30. The summed E-state index contributed by atoms with van der Waals surface area (Å²) in [6.45, 7) is 2.13. The lowest BCUT2D eigenvalue weighted by Gasteiger charge is -1.95. The van der Waals surface area contributed by atoms with Crippen LogP contribution in [0.2, 0.25) is 0 Å². The maximum absolute atomic E-state index is 8.76. The first-order valence-electron chi connectivity index (χ1n) is 6.15. The van der Waals surface area contributed by atoms with E-state index in [0.717, 1.165) is 29.0 Å². The van der Waals surface area contributed by atoms with Gasteiger partial charge in [-0.15, -0.1) is 0 Å². The third-order valence-corrected chi connectivity index (χ3v) is 3.09. The van der Waals surface area contributed by atoms with E-state index in [-0.39, 0.29) is 0 Å². The largest absolute Gasteiger partial charge is 0.337 e. The van der Waals surface area contributed by atoms with Crippen LogP contribution in [0, 0.1) is 11.3 Å². The Kier molecular flexibility index (Phi) is 2.73. The van der Waals surface area contributed by atoms with E-state index in [1.54, 1.807) is 18.3 Å². The predicted molar refractivity (Wildman–Crippen MR) is 73.4 cm³/mol. The summed E-state index contributed by atoms with van der Waals surface area (Å²) < 4.78 is 0. The highest BCUT2D eigenvalue weighted by Gasteiger charge is 2.06. The van der Waals surface area contributed by atoms with Crippen LogP contribution in [-0.2, 0) is 6.42 Å². The number of H-pyrrole nitrogens is 1. The monoisotopic (exact) mass is 248 g/mol. The quantitative estimate of drug-likeness (QED) is 0.758. The molecule has 0 unspecified atom stereocenters. The molecule has 4 heteroatoms. The van der Waals surface area contributed by atoms with Gasteiger partial charge in [-0.05, 0) is 36.2 Å². The van der Waals surface area contributed by atoms with Gasteiger partial charge >= 0.3 is 0 Å². The van der Waals surface area contributed by atoms with Crippen molar-refractivity contribution >= 4 is 11.0 Å². The minimum absolute atomic E-state index is 0.549.